The highest BCUT2D eigenvalue weighted by Crippen LogP contribution is 2.45. The number of nitrogens with one attached hydrogen (secondary N) is 1. The number of rotatable bonds is 2. The molecule has 2 aliphatic heterocycles. The number of thioether (sulfide) groups is 1. The molecule has 0 radical (unpaired) electrons. The molecule has 2 atom stereocenters. The number of nitrogens with zero attached hydrogens (tertiary/aromatic N) is 1. The average Bonchev–Trinajstić information content (AvgIpc) is 2.88. The number of hydrogen-bond donors (Lipinski definition) is 2. The van der Waals surface area contributed by atoms with Gasteiger partial charge in [0, 0.05) is 24.6 Å². The Bertz CT molecular complexity index is 410. The van der Waals surface area contributed by atoms with Gasteiger partial charge in [-0.1, -0.05) is 0 Å². The van der Waals surface area contributed by atoms with Gasteiger partial charge in [0.15, 0.2) is 5.41 Å². The normalized spacial score (nSPS) is 31.4. The first-order chi connectivity index (χ1) is 9.29. The molecule has 2 heterocycles. The van der Waals surface area contributed by atoms with E-state index in [0.717, 1.165) is 4.90 Å². The lowest BCUT2D eigenvalue weighted by atomic mass is 9.84. The predicted molar refractivity (Wildman–Crippen MR) is 66.4 cm³/mol. The summed E-state index contributed by atoms with van der Waals surface area (Å²) < 4.78 is 39.9. The maximum Gasteiger partial charge on any atom is 0.404 e. The van der Waals surface area contributed by atoms with Crippen molar-refractivity contribution in [3.05, 3.63) is 0 Å². The van der Waals surface area contributed by atoms with Crippen molar-refractivity contribution in [1.29, 1.82) is 0 Å². The Morgan fingerprint density at radius 1 is 1.40 bits per heavy atom. The van der Waals surface area contributed by atoms with E-state index in [0.29, 0.717) is 5.75 Å². The molecule has 0 aromatic carbocycles. The minimum atomic E-state index is -4.68. The van der Waals surface area contributed by atoms with Gasteiger partial charge in [-0.05, 0) is 13.0 Å². The summed E-state index contributed by atoms with van der Waals surface area (Å²) in [6.07, 6.45) is -5.02. The molecular weight excluding hydrogens is 297 g/mol. The van der Waals surface area contributed by atoms with Gasteiger partial charge in [0.05, 0.1) is 0 Å². The molecule has 0 bridgehead atoms. The minimum Gasteiger partial charge on any atom is -0.480 e. The van der Waals surface area contributed by atoms with Crippen molar-refractivity contribution in [2.45, 2.75) is 18.6 Å². The molecule has 0 aliphatic carbocycles. The van der Waals surface area contributed by atoms with Crippen molar-refractivity contribution in [3.8, 4) is 0 Å². The van der Waals surface area contributed by atoms with Crippen molar-refractivity contribution in [1.82, 2.24) is 10.2 Å². The van der Waals surface area contributed by atoms with Crippen LogP contribution in [0.15, 0.2) is 0 Å². The molecule has 2 aliphatic rings. The van der Waals surface area contributed by atoms with E-state index in [1.54, 1.807) is 0 Å². The van der Waals surface area contributed by atoms with E-state index in [2.05, 4.69) is 5.32 Å². The highest BCUT2D eigenvalue weighted by atomic mass is 32.2. The standard InChI is InChI=1S/C11H15F3N2O3S/c12-11(13,14)10(1-2-15-6-10)9(19)16-3-4-20-5-7(16)8(17)18/h7,15H,1-6H2,(H,17,18). The van der Waals surface area contributed by atoms with Crippen LogP contribution < -0.4 is 5.32 Å². The molecule has 2 N–H and O–H groups in total. The summed E-state index contributed by atoms with van der Waals surface area (Å²) >= 11 is 1.33. The molecule has 2 unspecified atom stereocenters. The van der Waals surface area contributed by atoms with E-state index in [4.69, 9.17) is 5.11 Å². The maximum absolute atomic E-state index is 13.3. The Balaban J connectivity index is 2.29. The van der Waals surface area contributed by atoms with Gasteiger partial charge in [-0.25, -0.2) is 4.79 Å². The first-order valence-electron chi connectivity index (χ1n) is 6.19. The number of amides is 1. The highest BCUT2D eigenvalue weighted by Gasteiger charge is 2.63. The van der Waals surface area contributed by atoms with Crippen LogP contribution in [0, 0.1) is 5.41 Å². The van der Waals surface area contributed by atoms with Crippen LogP contribution in [0.4, 0.5) is 13.2 Å². The monoisotopic (exact) mass is 312 g/mol. The minimum absolute atomic E-state index is 0.0400. The maximum atomic E-state index is 13.3. The third-order valence-electron chi connectivity index (χ3n) is 3.78. The first kappa shape index (κ1) is 15.4. The Hall–Kier alpha value is -0.960. The summed E-state index contributed by atoms with van der Waals surface area (Å²) in [5.41, 5.74) is -2.48. The lowest BCUT2D eigenvalue weighted by Gasteiger charge is -2.39. The van der Waals surface area contributed by atoms with Gasteiger partial charge >= 0.3 is 12.1 Å². The zero-order valence-corrected chi connectivity index (χ0v) is 11.4. The van der Waals surface area contributed by atoms with Crippen molar-refractivity contribution < 1.29 is 27.9 Å². The molecule has 114 valence electrons. The Morgan fingerprint density at radius 3 is 2.60 bits per heavy atom. The topological polar surface area (TPSA) is 69.6 Å². The highest BCUT2D eigenvalue weighted by molar-refractivity contribution is 7.99. The Labute approximate surface area is 117 Å². The van der Waals surface area contributed by atoms with Gasteiger partial charge in [0.2, 0.25) is 5.91 Å². The van der Waals surface area contributed by atoms with E-state index in [1.807, 2.05) is 0 Å². The van der Waals surface area contributed by atoms with Crippen LogP contribution in [0.1, 0.15) is 6.42 Å². The van der Waals surface area contributed by atoms with Crippen LogP contribution in [-0.4, -0.2) is 65.2 Å². The number of carbonyl (C=O) groups is 2. The summed E-state index contributed by atoms with van der Waals surface area (Å²) in [7, 11) is 0. The van der Waals surface area contributed by atoms with Crippen molar-refractivity contribution in [2.75, 3.05) is 31.1 Å². The van der Waals surface area contributed by atoms with Gasteiger partial charge in [0.1, 0.15) is 6.04 Å². The van der Waals surface area contributed by atoms with Crippen LogP contribution in [0.25, 0.3) is 0 Å². The number of carboxylic acids is 1. The number of alkyl halides is 3. The summed E-state index contributed by atoms with van der Waals surface area (Å²) in [5.74, 6) is -1.78. The molecular formula is C11H15F3N2O3S. The molecule has 0 aromatic heterocycles. The fraction of sp³-hybridized carbons (Fsp3) is 0.818. The predicted octanol–water partition coefficient (Wildman–Crippen LogP) is 0.557. The average molecular weight is 312 g/mol. The number of halogens is 3. The Kier molecular flexibility index (Phi) is 4.19. The van der Waals surface area contributed by atoms with Gasteiger partial charge in [-0.2, -0.15) is 24.9 Å². The molecule has 9 heteroatoms. The lowest BCUT2D eigenvalue weighted by Crippen LogP contribution is -2.59. The molecule has 20 heavy (non-hydrogen) atoms. The SMILES string of the molecule is O=C(O)C1CSCCN1C(=O)C1(C(F)(F)F)CCNC1. The van der Waals surface area contributed by atoms with Crippen molar-refractivity contribution >= 4 is 23.6 Å². The zero-order valence-electron chi connectivity index (χ0n) is 10.6. The summed E-state index contributed by atoms with van der Waals surface area (Å²) in [4.78, 5) is 24.4. The Morgan fingerprint density at radius 2 is 2.10 bits per heavy atom. The molecule has 0 aromatic rings. The summed E-state index contributed by atoms with van der Waals surface area (Å²) in [5, 5.41) is 11.6. The molecule has 2 fully saturated rings. The van der Waals surface area contributed by atoms with Crippen molar-refractivity contribution in [2.24, 2.45) is 5.41 Å². The fourth-order valence-corrected chi connectivity index (χ4v) is 3.60. The third kappa shape index (κ3) is 2.48. The molecule has 2 saturated heterocycles. The molecule has 1 amide bonds. The van der Waals surface area contributed by atoms with E-state index < -0.39 is 36.1 Å². The van der Waals surface area contributed by atoms with E-state index in [9.17, 15) is 22.8 Å². The largest absolute Gasteiger partial charge is 0.480 e. The van der Waals surface area contributed by atoms with Gasteiger partial charge in [0.25, 0.3) is 0 Å². The van der Waals surface area contributed by atoms with Crippen LogP contribution in [-0.2, 0) is 9.59 Å². The molecule has 2 rings (SSSR count). The van der Waals surface area contributed by atoms with E-state index in [-0.39, 0.29) is 25.3 Å². The second-order valence-corrected chi connectivity index (χ2v) is 6.08. The fourth-order valence-electron chi connectivity index (χ4n) is 2.56. The number of hydrogen-bond acceptors (Lipinski definition) is 4. The van der Waals surface area contributed by atoms with Crippen LogP contribution in [0.5, 0.6) is 0 Å². The summed E-state index contributed by atoms with van der Waals surface area (Å²) in [6, 6.07) is -1.18. The van der Waals surface area contributed by atoms with Crippen LogP contribution >= 0.6 is 11.8 Å². The molecule has 5 nitrogen and oxygen atoms in total. The van der Waals surface area contributed by atoms with E-state index in [1.165, 1.54) is 11.8 Å². The van der Waals surface area contributed by atoms with Gasteiger partial charge < -0.3 is 15.3 Å². The van der Waals surface area contributed by atoms with Gasteiger partial charge in [-0.15, -0.1) is 0 Å². The second-order valence-electron chi connectivity index (χ2n) is 4.93. The number of carboxylic acid groups (broad SMARTS) is 1. The number of carbonyl (C=O) groups excluding carboxylic acids is 1. The van der Waals surface area contributed by atoms with Crippen LogP contribution in [0.2, 0.25) is 0 Å². The molecule has 0 spiro atoms. The number of aliphatic carboxylic acids is 1. The van der Waals surface area contributed by atoms with E-state index >= 15 is 0 Å². The lowest BCUT2D eigenvalue weighted by molar-refractivity contribution is -0.223. The smallest absolute Gasteiger partial charge is 0.404 e. The third-order valence-corrected chi connectivity index (χ3v) is 4.80. The van der Waals surface area contributed by atoms with Crippen molar-refractivity contribution in [3.63, 3.8) is 0 Å². The molecule has 0 saturated carbocycles. The van der Waals surface area contributed by atoms with Crippen LogP contribution in [0.3, 0.4) is 0 Å². The summed E-state index contributed by atoms with van der Waals surface area (Å²) in [6.45, 7) is -0.338. The zero-order chi connectivity index (χ0) is 15.0. The first-order valence-corrected chi connectivity index (χ1v) is 7.34. The van der Waals surface area contributed by atoms with Gasteiger partial charge in [-0.3, -0.25) is 4.79 Å². The second kappa shape index (κ2) is 5.44. The quantitative estimate of drug-likeness (QED) is 0.780.